The van der Waals surface area contributed by atoms with E-state index in [1.807, 2.05) is 9.80 Å². The quantitative estimate of drug-likeness (QED) is 0.476. The zero-order valence-electron chi connectivity index (χ0n) is 19.7. The minimum absolute atomic E-state index is 0.0365. The second-order valence-electron chi connectivity index (χ2n) is 9.77. The van der Waals surface area contributed by atoms with Gasteiger partial charge < -0.3 is 29.3 Å². The fourth-order valence-corrected chi connectivity index (χ4v) is 5.91. The van der Waals surface area contributed by atoms with Crippen molar-refractivity contribution in [1.82, 2.24) is 4.90 Å². The maximum atomic E-state index is 15.7. The number of fused-ring (bicyclic) bond motifs is 2. The molecule has 1 aromatic carbocycles. The van der Waals surface area contributed by atoms with Crippen LogP contribution < -0.4 is 14.5 Å². The highest BCUT2D eigenvalue weighted by molar-refractivity contribution is 6.20. The lowest BCUT2D eigenvalue weighted by Crippen LogP contribution is -2.49. The van der Waals surface area contributed by atoms with Gasteiger partial charge in [0.05, 0.1) is 18.8 Å². The van der Waals surface area contributed by atoms with Crippen LogP contribution in [0.1, 0.15) is 43.0 Å². The van der Waals surface area contributed by atoms with Crippen molar-refractivity contribution in [2.75, 3.05) is 43.1 Å². The van der Waals surface area contributed by atoms with E-state index in [1.165, 1.54) is 7.11 Å². The monoisotopic (exact) mass is 509 g/mol. The number of anilines is 2. The molecule has 1 aliphatic carbocycles. The molecular weight excluding hydrogens is 481 g/mol. The molecule has 4 aliphatic rings. The van der Waals surface area contributed by atoms with Gasteiger partial charge in [-0.05, 0) is 44.6 Å². The number of Topliss-reactive ketones (excluding diaryl/α,β-unsaturated/α-hetero) is 1. The Morgan fingerprint density at radius 3 is 2.57 bits per heavy atom. The smallest absolute Gasteiger partial charge is 0.411 e. The summed E-state index contributed by atoms with van der Waals surface area (Å²) in [5, 5.41) is 9.59. The lowest BCUT2D eigenvalue weighted by Gasteiger charge is -2.37. The van der Waals surface area contributed by atoms with Crippen LogP contribution in [-0.4, -0.2) is 78.8 Å². The van der Waals surface area contributed by atoms with Crippen molar-refractivity contribution in [2.24, 2.45) is 11.8 Å². The van der Waals surface area contributed by atoms with Gasteiger partial charge in [0.2, 0.25) is 0 Å². The molecule has 11 heteroatoms. The molecule has 0 bridgehead atoms. The molecule has 2 saturated heterocycles. The fraction of sp³-hybridized carbons (Fsp3) is 0.625. The third-order valence-electron chi connectivity index (χ3n) is 7.52. The number of benzene rings is 1. The first kappa shape index (κ1) is 24.0. The highest BCUT2D eigenvalue weighted by Crippen LogP contribution is 2.50. The summed E-state index contributed by atoms with van der Waals surface area (Å²) in [5.74, 6) is -3.33. The summed E-state index contributed by atoms with van der Waals surface area (Å²) in [7, 11) is 1.44. The van der Waals surface area contributed by atoms with Crippen molar-refractivity contribution in [3.63, 3.8) is 0 Å². The number of piperidine rings is 1. The Bertz CT molecular complexity index is 1060. The van der Waals surface area contributed by atoms with E-state index < -0.39 is 35.1 Å². The molecule has 9 nitrogen and oxygen atoms in total. The molecule has 190 valence electrons. The minimum Gasteiger partial charge on any atom is -0.492 e. The molecule has 3 aliphatic heterocycles. The molecule has 35 heavy (non-hydrogen) atoms. The number of ketones is 1. The number of aliphatic carboxylic acids is 1. The number of carboxylic acid groups (broad SMARTS) is 1. The van der Waals surface area contributed by atoms with Crippen LogP contribution in [0.25, 0.3) is 0 Å². The number of likely N-dealkylation sites (tertiary alicyclic amines) is 1. The molecule has 3 fully saturated rings. The van der Waals surface area contributed by atoms with E-state index in [0.717, 1.165) is 31.7 Å². The van der Waals surface area contributed by atoms with Crippen LogP contribution in [0.3, 0.4) is 0 Å². The Hall–Kier alpha value is -2.75. The summed E-state index contributed by atoms with van der Waals surface area (Å²) in [4.78, 5) is 42.8. The van der Waals surface area contributed by atoms with Gasteiger partial charge in [-0.1, -0.05) is 11.6 Å². The topological polar surface area (TPSA) is 99.6 Å². The second-order valence-corrected chi connectivity index (χ2v) is 10.4. The molecule has 1 saturated carbocycles. The van der Waals surface area contributed by atoms with Crippen molar-refractivity contribution >= 4 is 40.8 Å². The Labute approximate surface area is 207 Å². The Balaban J connectivity index is 1.52. The van der Waals surface area contributed by atoms with E-state index in [0.29, 0.717) is 25.3 Å². The first-order chi connectivity index (χ1) is 16.7. The third kappa shape index (κ3) is 4.15. The average molecular weight is 510 g/mol. The number of halogens is 2. The summed E-state index contributed by atoms with van der Waals surface area (Å²) >= 11 is 5.86. The number of nitrogens with zero attached hydrogens (tertiary/aromatic N) is 3. The number of hydrogen-bond donors (Lipinski definition) is 1. The van der Waals surface area contributed by atoms with Gasteiger partial charge in [-0.2, -0.15) is 0 Å². The van der Waals surface area contributed by atoms with Crippen LogP contribution in [0.5, 0.6) is 5.75 Å². The first-order valence-electron chi connectivity index (χ1n) is 12.0. The summed E-state index contributed by atoms with van der Waals surface area (Å²) in [6, 6.07) is 1.09. The zero-order chi connectivity index (χ0) is 25.0. The van der Waals surface area contributed by atoms with Gasteiger partial charge in [0.1, 0.15) is 11.6 Å². The highest BCUT2D eigenvalue weighted by atomic mass is 35.5. The zero-order valence-corrected chi connectivity index (χ0v) is 20.5. The fourth-order valence-electron chi connectivity index (χ4n) is 5.83. The van der Waals surface area contributed by atoms with Crippen molar-refractivity contribution in [1.29, 1.82) is 0 Å². The van der Waals surface area contributed by atoms with Crippen molar-refractivity contribution in [3.8, 4) is 5.75 Å². The molecule has 3 heterocycles. The Morgan fingerprint density at radius 2 is 1.94 bits per heavy atom. The summed E-state index contributed by atoms with van der Waals surface area (Å²) < 4.78 is 26.6. The van der Waals surface area contributed by atoms with E-state index in [4.69, 9.17) is 21.1 Å². The number of carbonyl (C=O) groups excluding carboxylic acids is 2. The average Bonchev–Trinajstić information content (AvgIpc) is 3.55. The number of carbonyl (C=O) groups is 3. The van der Waals surface area contributed by atoms with Crippen molar-refractivity contribution in [3.05, 3.63) is 17.4 Å². The van der Waals surface area contributed by atoms with E-state index in [2.05, 4.69) is 0 Å². The van der Waals surface area contributed by atoms with Crippen LogP contribution in [-0.2, 0) is 9.53 Å². The summed E-state index contributed by atoms with van der Waals surface area (Å²) in [6.07, 6.45) is 2.97. The van der Waals surface area contributed by atoms with Crippen molar-refractivity contribution < 1.29 is 33.4 Å². The van der Waals surface area contributed by atoms with Crippen LogP contribution in [0.2, 0.25) is 0 Å². The lowest BCUT2D eigenvalue weighted by molar-refractivity contribution is -0.139. The number of alkyl halides is 1. The Kier molecular flexibility index (Phi) is 6.19. The third-order valence-corrected chi connectivity index (χ3v) is 7.60. The van der Waals surface area contributed by atoms with Gasteiger partial charge in [0, 0.05) is 37.8 Å². The lowest BCUT2D eigenvalue weighted by atomic mass is 9.89. The number of ether oxygens (including phenoxy) is 2. The standard InChI is InChI=1S/C24H29ClFN3O6/c1-12(25)35-24(33)28-7-3-4-13-9-27(11-18(13)28)20-17(26)8-15-19(22(20)34-2)29(14-5-6-14)10-16(21(15)30)23(31)32/h8,12-14,16,18H,3-7,9-11H2,1-2H3,(H,31,32)/t12?,13-,16?,18+/m0/s1. The highest BCUT2D eigenvalue weighted by Gasteiger charge is 2.47. The number of rotatable bonds is 5. The number of amides is 1. The molecule has 5 rings (SSSR count). The van der Waals surface area contributed by atoms with Crippen LogP contribution in [0.15, 0.2) is 6.07 Å². The minimum atomic E-state index is -1.24. The van der Waals surface area contributed by atoms with Crippen LogP contribution in [0, 0.1) is 17.7 Å². The second kappa shape index (κ2) is 9.04. The molecule has 2 unspecified atom stereocenters. The van der Waals surface area contributed by atoms with Gasteiger partial charge in [-0.25, -0.2) is 9.18 Å². The van der Waals surface area contributed by atoms with Gasteiger partial charge in [-0.15, -0.1) is 0 Å². The molecular formula is C24H29ClFN3O6. The van der Waals surface area contributed by atoms with E-state index in [-0.39, 0.29) is 41.5 Å². The number of hydrogen-bond acceptors (Lipinski definition) is 7. The maximum Gasteiger partial charge on any atom is 0.411 e. The van der Waals surface area contributed by atoms with Gasteiger partial charge in [-0.3, -0.25) is 9.59 Å². The van der Waals surface area contributed by atoms with Crippen LogP contribution in [0.4, 0.5) is 20.6 Å². The van der Waals surface area contributed by atoms with E-state index >= 15 is 4.39 Å². The van der Waals surface area contributed by atoms with Crippen LogP contribution >= 0.6 is 11.6 Å². The maximum absolute atomic E-state index is 15.7. The largest absolute Gasteiger partial charge is 0.492 e. The summed E-state index contributed by atoms with van der Waals surface area (Å²) in [6.45, 7) is 3.07. The predicted molar refractivity (Wildman–Crippen MR) is 126 cm³/mol. The summed E-state index contributed by atoms with van der Waals surface area (Å²) in [5.41, 5.74) is 0.00798. The molecule has 1 amide bonds. The SMILES string of the molecule is COc1c(N2C[C@@H]3CCCN(C(=O)OC(C)Cl)[C@@H]3C2)c(F)cc2c1N(C1CC1)CC(C(=O)O)C2=O. The molecule has 1 aromatic rings. The van der Waals surface area contributed by atoms with E-state index in [1.54, 1.807) is 11.8 Å². The van der Waals surface area contributed by atoms with E-state index in [9.17, 15) is 19.5 Å². The first-order valence-corrected chi connectivity index (χ1v) is 12.4. The molecule has 1 N–H and O–H groups in total. The number of carboxylic acids is 1. The van der Waals surface area contributed by atoms with Gasteiger partial charge in [0.15, 0.2) is 22.9 Å². The Morgan fingerprint density at radius 1 is 1.20 bits per heavy atom. The predicted octanol–water partition coefficient (Wildman–Crippen LogP) is 3.32. The normalized spacial score (nSPS) is 26.8. The van der Waals surface area contributed by atoms with Gasteiger partial charge >= 0.3 is 12.1 Å². The molecule has 0 spiro atoms. The van der Waals surface area contributed by atoms with Gasteiger partial charge in [0.25, 0.3) is 0 Å². The van der Waals surface area contributed by atoms with Crippen molar-refractivity contribution in [2.45, 2.75) is 50.3 Å². The molecule has 4 atom stereocenters. The number of methoxy groups -OCH3 is 1. The molecule has 0 aromatic heterocycles. The molecule has 0 radical (unpaired) electrons.